The first-order valence-corrected chi connectivity index (χ1v) is 6.89. The number of hydrogen-bond donors (Lipinski definition) is 0. The number of aryl methyl sites for hydroxylation is 1. The fourth-order valence-corrected chi connectivity index (χ4v) is 2.17. The third-order valence-corrected chi connectivity index (χ3v) is 3.39. The first-order valence-electron chi connectivity index (χ1n) is 6.10. The Hall–Kier alpha value is -1.49. The van der Waals surface area contributed by atoms with Crippen molar-refractivity contribution in [3.8, 4) is 11.6 Å². The first-order chi connectivity index (χ1) is 9.11. The van der Waals surface area contributed by atoms with Crippen LogP contribution >= 0.6 is 15.9 Å². The van der Waals surface area contributed by atoms with Crippen molar-refractivity contribution in [2.24, 2.45) is 0 Å². The standard InChI is InChI=1S/C14H12BrFN2O/c1-8-6-10(4-5-11(8)16)19-13-7-12(15)17-14(18-13)9-2-3-9/h4-7,9H,2-3H2,1H3. The maximum atomic E-state index is 13.2. The average molecular weight is 323 g/mol. The third-order valence-electron chi connectivity index (χ3n) is 2.98. The molecule has 0 radical (unpaired) electrons. The van der Waals surface area contributed by atoms with Crippen LogP contribution in [0.15, 0.2) is 28.9 Å². The number of rotatable bonds is 3. The molecule has 0 aliphatic heterocycles. The molecule has 1 aromatic heterocycles. The molecule has 5 heteroatoms. The molecule has 1 aromatic carbocycles. The highest BCUT2D eigenvalue weighted by atomic mass is 79.9. The van der Waals surface area contributed by atoms with Crippen LogP contribution in [0, 0.1) is 12.7 Å². The van der Waals surface area contributed by atoms with E-state index in [0.29, 0.717) is 27.7 Å². The topological polar surface area (TPSA) is 35.0 Å². The summed E-state index contributed by atoms with van der Waals surface area (Å²) in [6.45, 7) is 1.70. The van der Waals surface area contributed by atoms with Crippen LogP contribution < -0.4 is 4.74 Å². The highest BCUT2D eigenvalue weighted by Gasteiger charge is 2.27. The molecule has 1 saturated carbocycles. The van der Waals surface area contributed by atoms with Crippen LogP contribution in [0.1, 0.15) is 30.1 Å². The lowest BCUT2D eigenvalue weighted by molar-refractivity contribution is 0.455. The largest absolute Gasteiger partial charge is 0.439 e. The van der Waals surface area contributed by atoms with Crippen LogP contribution in [0.2, 0.25) is 0 Å². The molecule has 1 fully saturated rings. The van der Waals surface area contributed by atoms with Crippen molar-refractivity contribution in [2.45, 2.75) is 25.7 Å². The summed E-state index contributed by atoms with van der Waals surface area (Å²) in [6, 6.07) is 6.35. The molecule has 1 aliphatic carbocycles. The molecule has 1 aliphatic rings. The van der Waals surface area contributed by atoms with Gasteiger partial charge in [-0.1, -0.05) is 0 Å². The Balaban J connectivity index is 1.87. The number of aromatic nitrogens is 2. The van der Waals surface area contributed by atoms with Crippen LogP contribution in [0.25, 0.3) is 0 Å². The second-order valence-corrected chi connectivity index (χ2v) is 5.49. The summed E-state index contributed by atoms with van der Waals surface area (Å²) in [5, 5.41) is 0. The smallest absolute Gasteiger partial charge is 0.223 e. The molecule has 0 bridgehead atoms. The molecule has 0 spiro atoms. The fraction of sp³-hybridized carbons (Fsp3) is 0.286. The Morgan fingerprint density at radius 3 is 2.74 bits per heavy atom. The van der Waals surface area contributed by atoms with E-state index in [-0.39, 0.29) is 5.82 Å². The number of hydrogen-bond acceptors (Lipinski definition) is 3. The monoisotopic (exact) mass is 322 g/mol. The minimum Gasteiger partial charge on any atom is -0.439 e. The normalized spacial score (nSPS) is 14.5. The molecule has 1 heterocycles. The molecule has 3 nitrogen and oxygen atoms in total. The summed E-state index contributed by atoms with van der Waals surface area (Å²) in [4.78, 5) is 8.72. The van der Waals surface area contributed by atoms with Gasteiger partial charge in [0.1, 0.15) is 22.0 Å². The van der Waals surface area contributed by atoms with Gasteiger partial charge in [0.15, 0.2) is 0 Å². The van der Waals surface area contributed by atoms with E-state index in [1.165, 1.54) is 6.07 Å². The number of benzene rings is 1. The van der Waals surface area contributed by atoms with Crippen molar-refractivity contribution < 1.29 is 9.13 Å². The van der Waals surface area contributed by atoms with Gasteiger partial charge < -0.3 is 4.74 Å². The summed E-state index contributed by atoms with van der Waals surface area (Å²) in [6.07, 6.45) is 2.26. The van der Waals surface area contributed by atoms with E-state index in [1.807, 2.05) is 0 Å². The van der Waals surface area contributed by atoms with E-state index >= 15 is 0 Å². The minimum atomic E-state index is -0.241. The van der Waals surface area contributed by atoms with Gasteiger partial charge in [-0.25, -0.2) is 9.37 Å². The Morgan fingerprint density at radius 2 is 2.05 bits per heavy atom. The lowest BCUT2D eigenvalue weighted by atomic mass is 10.2. The summed E-state index contributed by atoms with van der Waals surface area (Å²) < 4.78 is 19.6. The van der Waals surface area contributed by atoms with Crippen LogP contribution in [0.3, 0.4) is 0 Å². The van der Waals surface area contributed by atoms with Gasteiger partial charge in [-0.2, -0.15) is 4.98 Å². The van der Waals surface area contributed by atoms with Gasteiger partial charge in [-0.3, -0.25) is 0 Å². The quantitative estimate of drug-likeness (QED) is 0.788. The van der Waals surface area contributed by atoms with Gasteiger partial charge in [-0.15, -0.1) is 0 Å². The van der Waals surface area contributed by atoms with E-state index in [0.717, 1.165) is 18.7 Å². The summed E-state index contributed by atoms with van der Waals surface area (Å²) in [7, 11) is 0. The zero-order valence-electron chi connectivity index (χ0n) is 10.4. The van der Waals surface area contributed by atoms with Crippen LogP contribution in [0.4, 0.5) is 4.39 Å². The predicted molar refractivity (Wildman–Crippen MR) is 72.9 cm³/mol. The van der Waals surface area contributed by atoms with E-state index in [9.17, 15) is 4.39 Å². The molecular formula is C14H12BrFN2O. The minimum absolute atomic E-state index is 0.241. The second kappa shape index (κ2) is 4.89. The SMILES string of the molecule is Cc1cc(Oc2cc(Br)nc(C3CC3)n2)ccc1F. The van der Waals surface area contributed by atoms with Gasteiger partial charge >= 0.3 is 0 Å². The van der Waals surface area contributed by atoms with Gasteiger partial charge in [0, 0.05) is 12.0 Å². The second-order valence-electron chi connectivity index (χ2n) is 4.67. The van der Waals surface area contributed by atoms with E-state index < -0.39 is 0 Å². The molecule has 0 N–H and O–H groups in total. The van der Waals surface area contributed by atoms with E-state index in [1.54, 1.807) is 25.1 Å². The number of ether oxygens (including phenoxy) is 1. The number of halogens is 2. The Morgan fingerprint density at radius 1 is 1.26 bits per heavy atom. The number of nitrogens with zero attached hydrogens (tertiary/aromatic N) is 2. The van der Waals surface area contributed by atoms with Crippen molar-refractivity contribution in [2.75, 3.05) is 0 Å². The van der Waals surface area contributed by atoms with E-state index in [4.69, 9.17) is 4.74 Å². The lowest BCUT2D eigenvalue weighted by Crippen LogP contribution is -1.97. The highest BCUT2D eigenvalue weighted by Crippen LogP contribution is 2.39. The molecule has 0 unspecified atom stereocenters. The molecule has 2 aromatic rings. The molecule has 0 amide bonds. The Labute approximate surface area is 119 Å². The molecule has 0 atom stereocenters. The van der Waals surface area contributed by atoms with Gasteiger partial charge in [0.25, 0.3) is 0 Å². The molecular weight excluding hydrogens is 311 g/mol. The van der Waals surface area contributed by atoms with Gasteiger partial charge in [0.2, 0.25) is 5.88 Å². The summed E-state index contributed by atoms with van der Waals surface area (Å²) in [5.41, 5.74) is 0.549. The zero-order chi connectivity index (χ0) is 13.4. The van der Waals surface area contributed by atoms with Crippen LogP contribution in [-0.2, 0) is 0 Å². The van der Waals surface area contributed by atoms with E-state index in [2.05, 4.69) is 25.9 Å². The van der Waals surface area contributed by atoms with Gasteiger partial charge in [-0.05, 0) is 59.5 Å². The van der Waals surface area contributed by atoms with Gasteiger partial charge in [0.05, 0.1) is 0 Å². The van der Waals surface area contributed by atoms with Crippen molar-refractivity contribution in [1.29, 1.82) is 0 Å². The van der Waals surface area contributed by atoms with Crippen molar-refractivity contribution >= 4 is 15.9 Å². The third kappa shape index (κ3) is 2.92. The molecule has 98 valence electrons. The molecule has 0 saturated heterocycles. The predicted octanol–water partition coefficient (Wildman–Crippen LogP) is 4.36. The highest BCUT2D eigenvalue weighted by molar-refractivity contribution is 9.10. The maximum absolute atomic E-state index is 13.2. The zero-order valence-corrected chi connectivity index (χ0v) is 11.9. The van der Waals surface area contributed by atoms with Crippen LogP contribution in [-0.4, -0.2) is 9.97 Å². The Kier molecular flexibility index (Phi) is 3.22. The molecule has 3 rings (SSSR count). The first kappa shape index (κ1) is 12.5. The average Bonchev–Trinajstić information content (AvgIpc) is 3.17. The Bertz CT molecular complexity index is 629. The maximum Gasteiger partial charge on any atom is 0.223 e. The van der Waals surface area contributed by atoms with Crippen molar-refractivity contribution in [3.63, 3.8) is 0 Å². The van der Waals surface area contributed by atoms with Crippen molar-refractivity contribution in [1.82, 2.24) is 9.97 Å². The summed E-state index contributed by atoms with van der Waals surface area (Å²) in [5.74, 6) is 2.08. The lowest BCUT2D eigenvalue weighted by Gasteiger charge is -2.07. The summed E-state index contributed by atoms with van der Waals surface area (Å²) >= 11 is 3.36. The fourth-order valence-electron chi connectivity index (χ4n) is 1.79. The van der Waals surface area contributed by atoms with Crippen molar-refractivity contribution in [3.05, 3.63) is 46.1 Å². The molecule has 19 heavy (non-hydrogen) atoms. The van der Waals surface area contributed by atoms with Crippen LogP contribution in [0.5, 0.6) is 11.6 Å².